The summed E-state index contributed by atoms with van der Waals surface area (Å²) in [6, 6.07) is 0. The fourth-order valence-electron chi connectivity index (χ4n) is 0.755. The van der Waals surface area contributed by atoms with Crippen molar-refractivity contribution in [2.24, 2.45) is 11.3 Å². The van der Waals surface area contributed by atoms with Crippen LogP contribution in [-0.2, 0) is 0 Å². The largest absolute Gasteiger partial charge is 0.306 e. The van der Waals surface area contributed by atoms with Crippen molar-refractivity contribution in [3.63, 3.8) is 0 Å². The van der Waals surface area contributed by atoms with Crippen LogP contribution < -0.4 is 5.32 Å². The number of nitrogens with one attached hydrogen (secondary N) is 1. The molecule has 0 aliphatic heterocycles. The van der Waals surface area contributed by atoms with Gasteiger partial charge in [0.1, 0.15) is 0 Å². The van der Waals surface area contributed by atoms with Gasteiger partial charge in [-0.15, -0.1) is 0 Å². The third kappa shape index (κ3) is 9.52. The highest BCUT2D eigenvalue weighted by Crippen LogP contribution is 2.09. The molecular formula is C11H21N. The van der Waals surface area contributed by atoms with Crippen molar-refractivity contribution in [1.82, 2.24) is 5.32 Å². The first-order valence-electron chi connectivity index (χ1n) is 4.61. The third-order valence-electron chi connectivity index (χ3n) is 1.26. The fourth-order valence-corrected chi connectivity index (χ4v) is 0.755. The van der Waals surface area contributed by atoms with E-state index in [0.717, 1.165) is 13.1 Å². The standard InChI is InChI=1S/C11H21N/c1-10(2)7-6-8-12-9-11(3,4)5/h10,12H,8-9H2,1-5H3. The Morgan fingerprint density at radius 3 is 2.25 bits per heavy atom. The maximum Gasteiger partial charge on any atom is 0.0576 e. The van der Waals surface area contributed by atoms with Gasteiger partial charge in [-0.1, -0.05) is 46.5 Å². The molecule has 0 aromatic carbocycles. The molecular weight excluding hydrogens is 146 g/mol. The first kappa shape index (κ1) is 11.5. The van der Waals surface area contributed by atoms with Crippen LogP contribution in [0.3, 0.4) is 0 Å². The zero-order chi connectivity index (χ0) is 9.61. The van der Waals surface area contributed by atoms with Gasteiger partial charge in [0.15, 0.2) is 0 Å². The van der Waals surface area contributed by atoms with E-state index in [2.05, 4.69) is 51.8 Å². The molecule has 0 fully saturated rings. The van der Waals surface area contributed by atoms with Crippen molar-refractivity contribution in [2.75, 3.05) is 13.1 Å². The molecule has 0 amide bonds. The molecule has 0 heterocycles. The van der Waals surface area contributed by atoms with E-state index in [1.807, 2.05) is 0 Å². The average Bonchev–Trinajstić information content (AvgIpc) is 1.83. The van der Waals surface area contributed by atoms with Gasteiger partial charge in [-0.2, -0.15) is 0 Å². The van der Waals surface area contributed by atoms with Crippen molar-refractivity contribution in [3.05, 3.63) is 0 Å². The zero-order valence-corrected chi connectivity index (χ0v) is 8.99. The van der Waals surface area contributed by atoms with Gasteiger partial charge in [0, 0.05) is 12.5 Å². The van der Waals surface area contributed by atoms with Gasteiger partial charge in [0.2, 0.25) is 0 Å². The second-order valence-corrected chi connectivity index (χ2v) is 4.64. The van der Waals surface area contributed by atoms with Gasteiger partial charge in [-0.25, -0.2) is 0 Å². The Balaban J connectivity index is 3.42. The maximum absolute atomic E-state index is 3.31. The normalized spacial score (nSPS) is 11.2. The predicted molar refractivity (Wildman–Crippen MR) is 54.9 cm³/mol. The Hall–Kier alpha value is -0.480. The number of hydrogen-bond acceptors (Lipinski definition) is 1. The summed E-state index contributed by atoms with van der Waals surface area (Å²) in [4.78, 5) is 0. The summed E-state index contributed by atoms with van der Waals surface area (Å²) < 4.78 is 0. The SMILES string of the molecule is CC(C)C#CCNCC(C)(C)C. The lowest BCUT2D eigenvalue weighted by molar-refractivity contribution is 0.389. The van der Waals surface area contributed by atoms with E-state index in [9.17, 15) is 0 Å². The van der Waals surface area contributed by atoms with E-state index in [0.29, 0.717) is 11.3 Å². The summed E-state index contributed by atoms with van der Waals surface area (Å²) in [6.45, 7) is 12.7. The van der Waals surface area contributed by atoms with Crippen LogP contribution in [0.2, 0.25) is 0 Å². The van der Waals surface area contributed by atoms with E-state index in [-0.39, 0.29) is 0 Å². The molecule has 0 aromatic heterocycles. The molecule has 70 valence electrons. The van der Waals surface area contributed by atoms with Gasteiger partial charge in [-0.05, 0) is 5.41 Å². The van der Waals surface area contributed by atoms with Gasteiger partial charge in [0.25, 0.3) is 0 Å². The van der Waals surface area contributed by atoms with Crippen LogP contribution in [0, 0.1) is 23.2 Å². The topological polar surface area (TPSA) is 12.0 Å². The van der Waals surface area contributed by atoms with Gasteiger partial charge < -0.3 is 5.32 Å². The van der Waals surface area contributed by atoms with Crippen molar-refractivity contribution in [2.45, 2.75) is 34.6 Å². The van der Waals surface area contributed by atoms with Crippen LogP contribution in [0.25, 0.3) is 0 Å². The van der Waals surface area contributed by atoms with Crippen LogP contribution in [0.1, 0.15) is 34.6 Å². The Labute approximate surface area is 76.9 Å². The summed E-state index contributed by atoms with van der Waals surface area (Å²) in [5, 5.41) is 3.31. The quantitative estimate of drug-likeness (QED) is 0.491. The second kappa shape index (κ2) is 5.22. The molecule has 0 unspecified atom stereocenters. The Morgan fingerprint density at radius 2 is 1.83 bits per heavy atom. The van der Waals surface area contributed by atoms with Crippen molar-refractivity contribution >= 4 is 0 Å². The molecule has 0 spiro atoms. The zero-order valence-electron chi connectivity index (χ0n) is 8.99. The van der Waals surface area contributed by atoms with Crippen molar-refractivity contribution in [1.29, 1.82) is 0 Å². The highest BCUT2D eigenvalue weighted by Gasteiger charge is 2.07. The first-order valence-corrected chi connectivity index (χ1v) is 4.61. The highest BCUT2D eigenvalue weighted by molar-refractivity contribution is 5.02. The van der Waals surface area contributed by atoms with E-state index >= 15 is 0 Å². The second-order valence-electron chi connectivity index (χ2n) is 4.64. The van der Waals surface area contributed by atoms with Crippen LogP contribution in [0.4, 0.5) is 0 Å². The van der Waals surface area contributed by atoms with Crippen LogP contribution >= 0.6 is 0 Å². The van der Waals surface area contributed by atoms with E-state index in [4.69, 9.17) is 0 Å². The third-order valence-corrected chi connectivity index (χ3v) is 1.26. The van der Waals surface area contributed by atoms with E-state index in [1.165, 1.54) is 0 Å². The Bertz CT molecular complexity index is 164. The molecule has 1 N–H and O–H groups in total. The molecule has 1 nitrogen and oxygen atoms in total. The summed E-state index contributed by atoms with van der Waals surface area (Å²) in [6.07, 6.45) is 0. The molecule has 0 aromatic rings. The van der Waals surface area contributed by atoms with E-state index < -0.39 is 0 Å². The maximum atomic E-state index is 3.31. The molecule has 1 heteroatoms. The lowest BCUT2D eigenvalue weighted by Crippen LogP contribution is -2.27. The summed E-state index contributed by atoms with van der Waals surface area (Å²) in [5.74, 6) is 6.70. The van der Waals surface area contributed by atoms with Gasteiger partial charge in [-0.3, -0.25) is 0 Å². The fraction of sp³-hybridized carbons (Fsp3) is 0.818. The van der Waals surface area contributed by atoms with Gasteiger partial charge >= 0.3 is 0 Å². The molecule has 0 aliphatic carbocycles. The number of hydrogen-bond donors (Lipinski definition) is 1. The average molecular weight is 167 g/mol. The minimum absolute atomic E-state index is 0.361. The highest BCUT2D eigenvalue weighted by atomic mass is 14.9. The minimum atomic E-state index is 0.361. The molecule has 0 atom stereocenters. The lowest BCUT2D eigenvalue weighted by atomic mass is 9.97. The summed E-state index contributed by atoms with van der Waals surface area (Å²) in [7, 11) is 0. The smallest absolute Gasteiger partial charge is 0.0576 e. The van der Waals surface area contributed by atoms with Gasteiger partial charge in [0.05, 0.1) is 6.54 Å². The molecule has 0 aliphatic rings. The van der Waals surface area contributed by atoms with E-state index in [1.54, 1.807) is 0 Å². The van der Waals surface area contributed by atoms with Crippen LogP contribution in [0.15, 0.2) is 0 Å². The number of rotatable bonds is 2. The molecule has 0 saturated carbocycles. The molecule has 0 rings (SSSR count). The predicted octanol–water partition coefficient (Wildman–Crippen LogP) is 2.28. The Kier molecular flexibility index (Phi) is 5.01. The Morgan fingerprint density at radius 1 is 1.25 bits per heavy atom. The molecule has 12 heavy (non-hydrogen) atoms. The molecule has 0 bridgehead atoms. The minimum Gasteiger partial charge on any atom is -0.306 e. The first-order chi connectivity index (χ1) is 5.42. The van der Waals surface area contributed by atoms with Crippen LogP contribution in [-0.4, -0.2) is 13.1 Å². The molecule has 0 radical (unpaired) electrons. The summed E-state index contributed by atoms with van der Waals surface area (Å²) in [5.41, 5.74) is 0.361. The summed E-state index contributed by atoms with van der Waals surface area (Å²) >= 11 is 0. The van der Waals surface area contributed by atoms with Crippen molar-refractivity contribution in [3.8, 4) is 11.8 Å². The monoisotopic (exact) mass is 167 g/mol. The van der Waals surface area contributed by atoms with Crippen molar-refractivity contribution < 1.29 is 0 Å². The van der Waals surface area contributed by atoms with Crippen LogP contribution in [0.5, 0.6) is 0 Å². The lowest BCUT2D eigenvalue weighted by Gasteiger charge is -2.17. The molecule has 0 saturated heterocycles.